The lowest BCUT2D eigenvalue weighted by molar-refractivity contribution is -0.136. The fourth-order valence-electron chi connectivity index (χ4n) is 3.21. The van der Waals surface area contributed by atoms with Crippen LogP contribution in [0.25, 0.3) is 5.82 Å². The number of benzene rings is 2. The lowest BCUT2D eigenvalue weighted by Crippen LogP contribution is -2.21. The molecule has 174 valence electrons. The zero-order chi connectivity index (χ0) is 24.3. The number of carbonyl (C=O) groups excluding carboxylic acids is 1. The van der Waals surface area contributed by atoms with Crippen molar-refractivity contribution in [1.82, 2.24) is 19.7 Å². The quantitative estimate of drug-likeness (QED) is 0.390. The fraction of sp³-hybridized carbons (Fsp3) is 0.130. The predicted molar refractivity (Wildman–Crippen MR) is 119 cm³/mol. The van der Waals surface area contributed by atoms with E-state index >= 15 is 0 Å². The third kappa shape index (κ3) is 5.31. The van der Waals surface area contributed by atoms with E-state index in [0.29, 0.717) is 23.1 Å². The van der Waals surface area contributed by atoms with Gasteiger partial charge in [-0.3, -0.25) is 0 Å². The standard InChI is InChI=1S/C23H19F3N6O2/c1-14-11-15(2)32(31-14)20-12-21(28-13-27-20)34-17-9-7-16(8-10-17)29-22(33)30-19-6-4-3-5-18(19)23(24,25)26/h3-13H,1-2H3,(H2,29,30,33). The van der Waals surface area contributed by atoms with Crippen molar-refractivity contribution in [3.05, 3.63) is 83.9 Å². The van der Waals surface area contributed by atoms with Crippen molar-refractivity contribution in [3.63, 3.8) is 0 Å². The van der Waals surface area contributed by atoms with E-state index in [4.69, 9.17) is 4.74 Å². The van der Waals surface area contributed by atoms with Crippen molar-refractivity contribution < 1.29 is 22.7 Å². The highest BCUT2D eigenvalue weighted by Gasteiger charge is 2.33. The van der Waals surface area contributed by atoms with Crippen LogP contribution in [-0.4, -0.2) is 25.8 Å². The number of rotatable bonds is 5. The summed E-state index contributed by atoms with van der Waals surface area (Å²) in [4.78, 5) is 20.5. The molecule has 0 aliphatic rings. The smallest absolute Gasteiger partial charge is 0.418 e. The molecule has 11 heteroatoms. The van der Waals surface area contributed by atoms with Gasteiger partial charge in [-0.1, -0.05) is 12.1 Å². The van der Waals surface area contributed by atoms with Crippen molar-refractivity contribution in [3.8, 4) is 17.4 Å². The zero-order valence-electron chi connectivity index (χ0n) is 18.1. The van der Waals surface area contributed by atoms with Crippen LogP contribution in [0.4, 0.5) is 29.3 Å². The number of anilines is 2. The first-order valence-electron chi connectivity index (χ1n) is 10.1. The molecule has 8 nitrogen and oxygen atoms in total. The molecule has 2 aromatic heterocycles. The van der Waals surface area contributed by atoms with Crippen LogP contribution in [0.15, 0.2) is 67.0 Å². The largest absolute Gasteiger partial charge is 0.439 e. The van der Waals surface area contributed by atoms with E-state index in [1.807, 2.05) is 19.9 Å². The number of amides is 2. The van der Waals surface area contributed by atoms with Crippen molar-refractivity contribution in [2.45, 2.75) is 20.0 Å². The molecule has 0 aliphatic carbocycles. The van der Waals surface area contributed by atoms with Crippen molar-refractivity contribution in [1.29, 1.82) is 0 Å². The predicted octanol–water partition coefficient (Wildman–Crippen LogP) is 5.73. The first-order valence-corrected chi connectivity index (χ1v) is 10.1. The van der Waals surface area contributed by atoms with Crippen LogP contribution in [0, 0.1) is 13.8 Å². The van der Waals surface area contributed by atoms with Crippen LogP contribution in [0.1, 0.15) is 17.0 Å². The molecule has 2 aromatic carbocycles. The Kier molecular flexibility index (Phi) is 6.17. The molecule has 34 heavy (non-hydrogen) atoms. The van der Waals surface area contributed by atoms with Gasteiger partial charge in [-0.05, 0) is 56.3 Å². The van der Waals surface area contributed by atoms with Gasteiger partial charge < -0.3 is 15.4 Å². The second-order valence-electron chi connectivity index (χ2n) is 7.30. The third-order valence-electron chi connectivity index (χ3n) is 4.67. The summed E-state index contributed by atoms with van der Waals surface area (Å²) in [7, 11) is 0. The second kappa shape index (κ2) is 9.22. The van der Waals surface area contributed by atoms with E-state index in [2.05, 4.69) is 25.7 Å². The molecular weight excluding hydrogens is 449 g/mol. The second-order valence-corrected chi connectivity index (χ2v) is 7.30. The number of carbonyl (C=O) groups is 1. The molecule has 0 bridgehead atoms. The highest BCUT2D eigenvalue weighted by Crippen LogP contribution is 2.34. The number of urea groups is 1. The summed E-state index contributed by atoms with van der Waals surface area (Å²) >= 11 is 0. The van der Waals surface area contributed by atoms with Gasteiger partial charge in [0, 0.05) is 17.4 Å². The Morgan fingerprint density at radius 3 is 2.38 bits per heavy atom. The summed E-state index contributed by atoms with van der Waals surface area (Å²) in [5, 5.41) is 9.09. The minimum atomic E-state index is -4.58. The number of nitrogens with zero attached hydrogens (tertiary/aromatic N) is 4. The topological polar surface area (TPSA) is 94.0 Å². The molecule has 0 unspecified atom stereocenters. The third-order valence-corrected chi connectivity index (χ3v) is 4.67. The fourth-order valence-corrected chi connectivity index (χ4v) is 3.21. The van der Waals surface area contributed by atoms with Gasteiger partial charge in [-0.2, -0.15) is 18.3 Å². The van der Waals surface area contributed by atoms with Crippen LogP contribution in [-0.2, 0) is 6.18 Å². The SMILES string of the molecule is Cc1cc(C)n(-c2cc(Oc3ccc(NC(=O)Nc4ccccc4C(F)(F)F)cc3)ncn2)n1. The van der Waals surface area contributed by atoms with Crippen LogP contribution in [0.3, 0.4) is 0 Å². The summed E-state index contributed by atoms with van der Waals surface area (Å²) in [5.41, 5.74) is 0.856. The van der Waals surface area contributed by atoms with Crippen molar-refractivity contribution >= 4 is 17.4 Å². The maximum Gasteiger partial charge on any atom is 0.418 e. The maximum absolute atomic E-state index is 13.1. The lowest BCUT2D eigenvalue weighted by atomic mass is 10.1. The van der Waals surface area contributed by atoms with Crippen molar-refractivity contribution in [2.75, 3.05) is 10.6 Å². The number of para-hydroxylation sites is 1. The monoisotopic (exact) mass is 468 g/mol. The van der Waals surface area contributed by atoms with Gasteiger partial charge >= 0.3 is 12.2 Å². The molecule has 0 fully saturated rings. The van der Waals surface area contributed by atoms with E-state index in [1.165, 1.54) is 24.5 Å². The summed E-state index contributed by atoms with van der Waals surface area (Å²) in [6.07, 6.45) is -3.22. The highest BCUT2D eigenvalue weighted by molar-refractivity contribution is 6.00. The number of hydrogen-bond donors (Lipinski definition) is 2. The average molecular weight is 468 g/mol. The molecule has 0 spiro atoms. The number of aryl methyl sites for hydroxylation is 2. The highest BCUT2D eigenvalue weighted by atomic mass is 19.4. The maximum atomic E-state index is 13.1. The minimum Gasteiger partial charge on any atom is -0.439 e. The first-order chi connectivity index (χ1) is 16.2. The Morgan fingerprint density at radius 1 is 0.971 bits per heavy atom. The summed E-state index contributed by atoms with van der Waals surface area (Å²) < 4.78 is 46.7. The molecule has 4 aromatic rings. The molecular formula is C23H19F3N6O2. The Labute approximate surface area is 192 Å². The Hall–Kier alpha value is -4.41. The van der Waals surface area contributed by atoms with Gasteiger partial charge in [0.1, 0.15) is 12.1 Å². The molecule has 2 heterocycles. The molecule has 2 N–H and O–H groups in total. The number of hydrogen-bond acceptors (Lipinski definition) is 5. The normalized spacial score (nSPS) is 11.2. The summed E-state index contributed by atoms with van der Waals surface area (Å²) in [6.45, 7) is 3.79. The van der Waals surface area contributed by atoms with Crippen molar-refractivity contribution in [2.24, 2.45) is 0 Å². The van der Waals surface area contributed by atoms with Gasteiger partial charge in [-0.15, -0.1) is 0 Å². The molecule has 0 saturated heterocycles. The minimum absolute atomic E-state index is 0.291. The van der Waals surface area contributed by atoms with Crippen LogP contribution < -0.4 is 15.4 Å². The average Bonchev–Trinajstić information content (AvgIpc) is 3.13. The zero-order valence-corrected chi connectivity index (χ0v) is 18.1. The molecule has 0 saturated carbocycles. The van der Waals surface area contributed by atoms with Crippen LogP contribution >= 0.6 is 0 Å². The number of nitrogens with one attached hydrogen (secondary N) is 2. The van der Waals surface area contributed by atoms with E-state index < -0.39 is 17.8 Å². The summed E-state index contributed by atoms with van der Waals surface area (Å²) in [6, 6.07) is 13.8. The number of aromatic nitrogens is 4. The lowest BCUT2D eigenvalue weighted by Gasteiger charge is -2.14. The first kappa shape index (κ1) is 22.8. The number of alkyl halides is 3. The number of halogens is 3. The van der Waals surface area contributed by atoms with Gasteiger partial charge in [0.15, 0.2) is 5.82 Å². The number of ether oxygens (including phenoxy) is 1. The van der Waals surface area contributed by atoms with E-state index in [1.54, 1.807) is 35.0 Å². The summed E-state index contributed by atoms with van der Waals surface area (Å²) in [5.74, 6) is 1.27. The van der Waals surface area contributed by atoms with Gasteiger partial charge in [0.25, 0.3) is 0 Å². The van der Waals surface area contributed by atoms with E-state index in [9.17, 15) is 18.0 Å². The Balaban J connectivity index is 1.41. The van der Waals surface area contributed by atoms with Gasteiger partial charge in [-0.25, -0.2) is 19.4 Å². The molecule has 2 amide bonds. The van der Waals surface area contributed by atoms with Crippen LogP contribution in [0.5, 0.6) is 11.6 Å². The van der Waals surface area contributed by atoms with Gasteiger partial charge in [0.05, 0.1) is 16.9 Å². The Morgan fingerprint density at radius 2 is 1.71 bits per heavy atom. The molecule has 0 atom stereocenters. The molecule has 4 rings (SSSR count). The van der Waals surface area contributed by atoms with Gasteiger partial charge in [0.2, 0.25) is 5.88 Å². The van der Waals surface area contributed by atoms with E-state index in [-0.39, 0.29) is 5.69 Å². The molecule has 0 radical (unpaired) electrons. The Bertz CT molecular complexity index is 1320. The molecule has 0 aliphatic heterocycles. The van der Waals surface area contributed by atoms with E-state index in [0.717, 1.165) is 17.5 Å². The van der Waals surface area contributed by atoms with Crippen LogP contribution in [0.2, 0.25) is 0 Å².